The van der Waals surface area contributed by atoms with Crippen LogP contribution in [0.4, 0.5) is 11.4 Å². The third kappa shape index (κ3) is 3.42. The Kier molecular flexibility index (Phi) is 4.66. The quantitative estimate of drug-likeness (QED) is 0.422. The van der Waals surface area contributed by atoms with Crippen LogP contribution >= 0.6 is 22.9 Å². The first kappa shape index (κ1) is 16.3. The van der Waals surface area contributed by atoms with Gasteiger partial charge < -0.3 is 0 Å². The summed E-state index contributed by atoms with van der Waals surface area (Å²) in [5.74, 6) is 0. The zero-order chi connectivity index (χ0) is 15.8. The van der Waals surface area contributed by atoms with Gasteiger partial charge in [-0.3, -0.25) is 3.11 Å². The molecule has 0 aliphatic rings. The van der Waals surface area contributed by atoms with Crippen molar-refractivity contribution >= 4 is 34.2 Å². The van der Waals surface area contributed by atoms with E-state index in [1.807, 2.05) is 0 Å². The van der Waals surface area contributed by atoms with E-state index in [0.717, 1.165) is 0 Å². The van der Waals surface area contributed by atoms with Crippen molar-refractivity contribution in [3.63, 3.8) is 0 Å². The van der Waals surface area contributed by atoms with E-state index in [4.69, 9.17) is 0 Å². The van der Waals surface area contributed by atoms with Crippen molar-refractivity contribution in [3.8, 4) is 0 Å². The van der Waals surface area contributed by atoms with E-state index in [1.165, 1.54) is 33.6 Å². The third-order valence-electron chi connectivity index (χ3n) is 3.92. The minimum Gasteiger partial charge on any atom is -0.282 e. The fourth-order valence-electron chi connectivity index (χ4n) is 2.63. The molecule has 0 aliphatic carbocycles. The second-order valence-corrected chi connectivity index (χ2v) is 7.74. The van der Waals surface area contributed by atoms with Crippen LogP contribution in [0, 0.1) is 20.8 Å². The Hall–Kier alpha value is -1.03. The van der Waals surface area contributed by atoms with Crippen LogP contribution in [-0.2, 0) is 5.41 Å². The number of benzene rings is 2. The van der Waals surface area contributed by atoms with Crippen LogP contribution in [0.1, 0.15) is 43.0 Å². The summed E-state index contributed by atoms with van der Waals surface area (Å²) >= 11 is 2.43. The number of nitrogens with zero attached hydrogens (tertiary/aromatic N) is 1. The monoisotopic (exact) mass is 393 g/mol. The SMILES string of the molecule is Cc1cc(C)c(C)c(N(I)c2ccccc2C(C)(C)C)c1. The van der Waals surface area contributed by atoms with Gasteiger partial charge in [0.2, 0.25) is 0 Å². The molecule has 2 heteroatoms. The van der Waals surface area contributed by atoms with Gasteiger partial charge in [0.15, 0.2) is 0 Å². The van der Waals surface area contributed by atoms with Gasteiger partial charge in [0.05, 0.1) is 34.2 Å². The number of hydrogen-bond acceptors (Lipinski definition) is 1. The van der Waals surface area contributed by atoms with E-state index in [2.05, 4.69) is 104 Å². The maximum absolute atomic E-state index is 2.43. The maximum atomic E-state index is 2.43. The van der Waals surface area contributed by atoms with Gasteiger partial charge in [-0.05, 0) is 60.6 Å². The maximum Gasteiger partial charge on any atom is 0.0646 e. The zero-order valence-corrected chi connectivity index (χ0v) is 15.9. The molecule has 0 fully saturated rings. The first-order valence-corrected chi connectivity index (χ1v) is 8.31. The summed E-state index contributed by atoms with van der Waals surface area (Å²) in [5, 5.41) is 0. The lowest BCUT2D eigenvalue weighted by atomic mass is 9.85. The molecule has 0 N–H and O–H groups in total. The van der Waals surface area contributed by atoms with Crippen LogP contribution in [0.2, 0.25) is 0 Å². The minimum atomic E-state index is 0.132. The molecule has 112 valence electrons. The Balaban J connectivity index is 2.59. The minimum absolute atomic E-state index is 0.132. The average Bonchev–Trinajstić information content (AvgIpc) is 2.41. The van der Waals surface area contributed by atoms with Gasteiger partial charge in [-0.15, -0.1) is 0 Å². The van der Waals surface area contributed by atoms with E-state index < -0.39 is 0 Å². The molecule has 0 amide bonds. The van der Waals surface area contributed by atoms with Crippen LogP contribution in [-0.4, -0.2) is 0 Å². The smallest absolute Gasteiger partial charge is 0.0646 e. The highest BCUT2D eigenvalue weighted by atomic mass is 127. The molecule has 1 nitrogen and oxygen atoms in total. The predicted molar refractivity (Wildman–Crippen MR) is 102 cm³/mol. The number of hydrogen-bond donors (Lipinski definition) is 0. The average molecular weight is 393 g/mol. The van der Waals surface area contributed by atoms with Gasteiger partial charge in [-0.1, -0.05) is 45.0 Å². The fraction of sp³-hybridized carbons (Fsp3) is 0.368. The second kappa shape index (κ2) is 5.99. The van der Waals surface area contributed by atoms with Crippen molar-refractivity contribution in [1.82, 2.24) is 0 Å². The standard InChI is InChI=1S/C19H24IN/c1-13-11-14(2)15(3)18(12-13)21(20)17-10-8-7-9-16(17)19(4,5)6/h7-12H,1-6H3. The number of para-hydroxylation sites is 1. The van der Waals surface area contributed by atoms with Crippen molar-refractivity contribution in [2.24, 2.45) is 0 Å². The Morgan fingerprint density at radius 2 is 1.52 bits per heavy atom. The molecule has 0 aliphatic heterocycles. The number of anilines is 2. The molecule has 0 aromatic heterocycles. The molecule has 0 spiro atoms. The van der Waals surface area contributed by atoms with Gasteiger partial charge in [-0.25, -0.2) is 0 Å². The van der Waals surface area contributed by atoms with E-state index in [1.54, 1.807) is 0 Å². The molecular formula is C19H24IN. The lowest BCUT2D eigenvalue weighted by Gasteiger charge is -2.28. The van der Waals surface area contributed by atoms with Gasteiger partial charge in [-0.2, -0.15) is 0 Å². The molecule has 0 saturated heterocycles. The summed E-state index contributed by atoms with van der Waals surface area (Å²) in [6.45, 7) is 13.4. The second-order valence-electron chi connectivity index (χ2n) is 6.77. The molecule has 0 atom stereocenters. The summed E-state index contributed by atoms with van der Waals surface area (Å²) in [4.78, 5) is 0. The van der Waals surface area contributed by atoms with Gasteiger partial charge >= 0.3 is 0 Å². The summed E-state index contributed by atoms with van der Waals surface area (Å²) < 4.78 is 2.30. The highest BCUT2D eigenvalue weighted by Crippen LogP contribution is 2.40. The van der Waals surface area contributed by atoms with Crippen molar-refractivity contribution < 1.29 is 0 Å². The Bertz CT molecular complexity index is 653. The third-order valence-corrected chi connectivity index (χ3v) is 4.96. The highest BCUT2D eigenvalue weighted by Gasteiger charge is 2.21. The number of aryl methyl sites for hydroxylation is 2. The molecule has 2 aromatic rings. The van der Waals surface area contributed by atoms with Crippen molar-refractivity contribution in [2.75, 3.05) is 3.11 Å². The topological polar surface area (TPSA) is 3.24 Å². The highest BCUT2D eigenvalue weighted by molar-refractivity contribution is 14.1. The van der Waals surface area contributed by atoms with Gasteiger partial charge in [0.1, 0.15) is 0 Å². The summed E-state index contributed by atoms with van der Waals surface area (Å²) in [6, 6.07) is 13.2. The Morgan fingerprint density at radius 1 is 0.905 bits per heavy atom. The van der Waals surface area contributed by atoms with Crippen LogP contribution in [0.5, 0.6) is 0 Å². The molecule has 0 unspecified atom stereocenters. The zero-order valence-electron chi connectivity index (χ0n) is 13.8. The first-order chi connectivity index (χ1) is 9.71. The molecule has 0 radical (unpaired) electrons. The molecule has 0 saturated carbocycles. The van der Waals surface area contributed by atoms with Gasteiger partial charge in [0, 0.05) is 0 Å². The molecule has 2 aromatic carbocycles. The van der Waals surface area contributed by atoms with Crippen LogP contribution in [0.3, 0.4) is 0 Å². The molecule has 0 heterocycles. The normalized spacial score (nSPS) is 11.6. The van der Waals surface area contributed by atoms with E-state index >= 15 is 0 Å². The summed E-state index contributed by atoms with van der Waals surface area (Å²) in [5.41, 5.74) is 8.07. The molecular weight excluding hydrogens is 369 g/mol. The Morgan fingerprint density at radius 3 is 2.14 bits per heavy atom. The fourth-order valence-corrected chi connectivity index (χ4v) is 3.55. The molecule has 2 rings (SSSR count). The van der Waals surface area contributed by atoms with Crippen molar-refractivity contribution in [3.05, 3.63) is 58.7 Å². The largest absolute Gasteiger partial charge is 0.282 e. The van der Waals surface area contributed by atoms with E-state index in [9.17, 15) is 0 Å². The summed E-state index contributed by atoms with van der Waals surface area (Å²) in [7, 11) is 0. The lowest BCUT2D eigenvalue weighted by Crippen LogP contribution is -2.16. The van der Waals surface area contributed by atoms with E-state index in [0.29, 0.717) is 0 Å². The molecule has 0 bridgehead atoms. The van der Waals surface area contributed by atoms with Crippen molar-refractivity contribution in [1.29, 1.82) is 0 Å². The lowest BCUT2D eigenvalue weighted by molar-refractivity contribution is 0.592. The molecule has 21 heavy (non-hydrogen) atoms. The van der Waals surface area contributed by atoms with Crippen LogP contribution in [0.15, 0.2) is 36.4 Å². The van der Waals surface area contributed by atoms with Crippen LogP contribution in [0.25, 0.3) is 0 Å². The number of rotatable bonds is 2. The van der Waals surface area contributed by atoms with Crippen molar-refractivity contribution in [2.45, 2.75) is 47.0 Å². The number of halogens is 1. The summed E-state index contributed by atoms with van der Waals surface area (Å²) in [6.07, 6.45) is 0. The van der Waals surface area contributed by atoms with Crippen LogP contribution < -0.4 is 3.11 Å². The van der Waals surface area contributed by atoms with Gasteiger partial charge in [0.25, 0.3) is 0 Å². The predicted octanol–water partition coefficient (Wildman–Crippen LogP) is 6.40. The van der Waals surface area contributed by atoms with E-state index in [-0.39, 0.29) is 5.41 Å². The Labute approximate surface area is 142 Å². The first-order valence-electron chi connectivity index (χ1n) is 7.35.